The number of hydrogen-bond acceptors (Lipinski definition) is 2. The summed E-state index contributed by atoms with van der Waals surface area (Å²) >= 11 is 0. The van der Waals surface area contributed by atoms with Crippen LogP contribution >= 0.6 is 0 Å². The minimum atomic E-state index is -4.27. The van der Waals surface area contributed by atoms with Gasteiger partial charge in [0.05, 0.1) is 5.56 Å². The van der Waals surface area contributed by atoms with E-state index in [2.05, 4.69) is 17.3 Å². The average molecular weight is 300 g/mol. The monoisotopic (exact) mass is 300 g/mol. The fraction of sp³-hybridized carbons (Fsp3) is 0.625. The molecule has 2 unspecified atom stereocenters. The molecule has 0 saturated carbocycles. The van der Waals surface area contributed by atoms with Crippen LogP contribution in [0, 0.1) is 5.92 Å². The lowest BCUT2D eigenvalue weighted by molar-refractivity contribution is -0.137. The first-order valence-electron chi connectivity index (χ1n) is 7.42. The highest BCUT2D eigenvalue weighted by molar-refractivity contribution is 5.29. The molecule has 1 aliphatic rings. The van der Waals surface area contributed by atoms with Gasteiger partial charge in [-0.25, -0.2) is 0 Å². The van der Waals surface area contributed by atoms with Crippen molar-refractivity contribution in [3.05, 3.63) is 35.4 Å². The number of halogens is 3. The van der Waals surface area contributed by atoms with Gasteiger partial charge in [-0.05, 0) is 51.0 Å². The largest absolute Gasteiger partial charge is 0.416 e. The van der Waals surface area contributed by atoms with E-state index < -0.39 is 11.7 Å². The van der Waals surface area contributed by atoms with Gasteiger partial charge in [0, 0.05) is 19.0 Å². The highest BCUT2D eigenvalue weighted by Gasteiger charge is 2.32. The first-order valence-corrected chi connectivity index (χ1v) is 7.42. The van der Waals surface area contributed by atoms with Crippen molar-refractivity contribution in [1.82, 2.24) is 10.2 Å². The number of alkyl halides is 3. The Labute approximate surface area is 124 Å². The smallest absolute Gasteiger partial charge is 0.319 e. The Morgan fingerprint density at radius 3 is 2.76 bits per heavy atom. The summed E-state index contributed by atoms with van der Waals surface area (Å²) in [6.07, 6.45) is -2.09. The van der Waals surface area contributed by atoms with Gasteiger partial charge >= 0.3 is 6.18 Å². The normalized spacial score (nSPS) is 22.2. The van der Waals surface area contributed by atoms with E-state index in [4.69, 9.17) is 0 Å². The molecule has 1 fully saturated rings. The third-order valence-electron chi connectivity index (χ3n) is 4.30. The van der Waals surface area contributed by atoms with Gasteiger partial charge in [-0.2, -0.15) is 13.2 Å². The number of benzene rings is 1. The molecular formula is C16H23F3N2. The highest BCUT2D eigenvalue weighted by Crippen LogP contribution is 2.35. The molecule has 1 aromatic rings. The molecule has 0 radical (unpaired) electrons. The van der Waals surface area contributed by atoms with Crippen molar-refractivity contribution >= 4 is 0 Å². The van der Waals surface area contributed by atoms with Crippen LogP contribution in [0.2, 0.25) is 0 Å². The Hall–Kier alpha value is -1.07. The molecule has 2 atom stereocenters. The van der Waals surface area contributed by atoms with Crippen molar-refractivity contribution in [3.8, 4) is 0 Å². The quantitative estimate of drug-likeness (QED) is 0.917. The first-order chi connectivity index (χ1) is 9.91. The molecule has 21 heavy (non-hydrogen) atoms. The summed E-state index contributed by atoms with van der Waals surface area (Å²) in [5.74, 6) is 0.528. The zero-order valence-corrected chi connectivity index (χ0v) is 12.6. The van der Waals surface area contributed by atoms with Gasteiger partial charge in [0.15, 0.2) is 0 Å². The van der Waals surface area contributed by atoms with E-state index in [1.807, 2.05) is 13.1 Å². The van der Waals surface area contributed by atoms with Crippen LogP contribution in [0.4, 0.5) is 13.2 Å². The maximum Gasteiger partial charge on any atom is 0.416 e. The number of likely N-dealkylation sites (N-methyl/N-ethyl adjacent to an activating group) is 1. The summed E-state index contributed by atoms with van der Waals surface area (Å²) in [7, 11) is 3.93. The van der Waals surface area contributed by atoms with Crippen molar-refractivity contribution in [2.24, 2.45) is 5.92 Å². The molecule has 1 heterocycles. The Kier molecular flexibility index (Phi) is 5.27. The molecule has 0 spiro atoms. The molecular weight excluding hydrogens is 277 g/mol. The predicted octanol–water partition coefficient (Wildman–Crippen LogP) is 3.35. The van der Waals surface area contributed by atoms with E-state index >= 15 is 0 Å². The Bertz CT molecular complexity index is 459. The molecule has 118 valence electrons. The van der Waals surface area contributed by atoms with Crippen LogP contribution in [0.25, 0.3) is 0 Å². The summed E-state index contributed by atoms with van der Waals surface area (Å²) in [4.78, 5) is 2.27. The van der Waals surface area contributed by atoms with Gasteiger partial charge in [0.25, 0.3) is 0 Å². The van der Waals surface area contributed by atoms with E-state index in [0.29, 0.717) is 12.5 Å². The minimum absolute atomic E-state index is 0.125. The van der Waals surface area contributed by atoms with Crippen molar-refractivity contribution in [3.63, 3.8) is 0 Å². The van der Waals surface area contributed by atoms with Crippen molar-refractivity contribution < 1.29 is 13.2 Å². The van der Waals surface area contributed by atoms with Crippen LogP contribution in [0.15, 0.2) is 24.3 Å². The second-order valence-electron chi connectivity index (χ2n) is 5.95. The summed E-state index contributed by atoms with van der Waals surface area (Å²) in [5, 5.41) is 3.14. The topological polar surface area (TPSA) is 15.3 Å². The number of rotatable bonds is 4. The summed E-state index contributed by atoms with van der Waals surface area (Å²) < 4.78 is 38.7. The van der Waals surface area contributed by atoms with Crippen LogP contribution in [0.5, 0.6) is 0 Å². The van der Waals surface area contributed by atoms with Gasteiger partial charge < -0.3 is 10.2 Å². The van der Waals surface area contributed by atoms with Crippen LogP contribution in [0.3, 0.4) is 0 Å². The second-order valence-corrected chi connectivity index (χ2v) is 5.95. The molecule has 1 aliphatic heterocycles. The van der Waals surface area contributed by atoms with Crippen LogP contribution in [0.1, 0.15) is 29.9 Å². The molecule has 0 aromatic heterocycles. The molecule has 1 saturated heterocycles. The van der Waals surface area contributed by atoms with E-state index in [0.717, 1.165) is 37.6 Å². The number of nitrogens with one attached hydrogen (secondary N) is 1. The maximum atomic E-state index is 12.9. The Balaban J connectivity index is 2.25. The van der Waals surface area contributed by atoms with Crippen LogP contribution in [-0.2, 0) is 6.18 Å². The molecule has 5 heteroatoms. The fourth-order valence-corrected chi connectivity index (χ4v) is 3.26. The second kappa shape index (κ2) is 6.79. The fourth-order valence-electron chi connectivity index (χ4n) is 3.26. The SMILES string of the molecule is CNCC(c1cccc(C(F)(F)F)c1)C1CCCN(C)C1. The lowest BCUT2D eigenvalue weighted by Gasteiger charge is -2.35. The van der Waals surface area contributed by atoms with Crippen LogP contribution in [-0.4, -0.2) is 38.6 Å². The Morgan fingerprint density at radius 2 is 2.14 bits per heavy atom. The number of likely N-dealkylation sites (tertiary alicyclic amines) is 1. The van der Waals surface area contributed by atoms with E-state index in [9.17, 15) is 13.2 Å². The minimum Gasteiger partial charge on any atom is -0.319 e. The van der Waals surface area contributed by atoms with Gasteiger partial charge in [0.2, 0.25) is 0 Å². The molecule has 0 bridgehead atoms. The van der Waals surface area contributed by atoms with Crippen molar-refractivity contribution in [2.45, 2.75) is 24.9 Å². The highest BCUT2D eigenvalue weighted by atomic mass is 19.4. The third-order valence-corrected chi connectivity index (χ3v) is 4.30. The zero-order valence-electron chi connectivity index (χ0n) is 12.6. The Morgan fingerprint density at radius 1 is 1.38 bits per heavy atom. The summed E-state index contributed by atoms with van der Waals surface area (Å²) in [6.45, 7) is 2.73. The number of hydrogen-bond donors (Lipinski definition) is 1. The summed E-state index contributed by atoms with van der Waals surface area (Å²) in [6, 6.07) is 5.81. The van der Waals surface area contributed by atoms with Crippen LogP contribution < -0.4 is 5.32 Å². The zero-order chi connectivity index (χ0) is 15.5. The maximum absolute atomic E-state index is 12.9. The lowest BCUT2D eigenvalue weighted by Crippen LogP contribution is -2.37. The van der Waals surface area contributed by atoms with Gasteiger partial charge in [-0.15, -0.1) is 0 Å². The van der Waals surface area contributed by atoms with Crippen molar-refractivity contribution in [2.75, 3.05) is 33.7 Å². The molecule has 1 N–H and O–H groups in total. The standard InChI is InChI=1S/C16H23F3N2/c1-20-10-15(13-6-4-8-21(2)11-13)12-5-3-7-14(9-12)16(17,18)19/h3,5,7,9,13,15,20H,4,6,8,10-11H2,1-2H3. The third kappa shape index (κ3) is 4.20. The summed E-state index contributed by atoms with van der Waals surface area (Å²) in [5.41, 5.74) is 0.241. The van der Waals surface area contributed by atoms with E-state index in [1.165, 1.54) is 12.1 Å². The predicted molar refractivity (Wildman–Crippen MR) is 78.3 cm³/mol. The molecule has 2 rings (SSSR count). The molecule has 1 aromatic carbocycles. The first kappa shape index (κ1) is 16.3. The average Bonchev–Trinajstić information content (AvgIpc) is 2.44. The van der Waals surface area contributed by atoms with E-state index in [-0.39, 0.29) is 5.92 Å². The van der Waals surface area contributed by atoms with E-state index in [1.54, 1.807) is 0 Å². The number of piperidine rings is 1. The molecule has 0 amide bonds. The lowest BCUT2D eigenvalue weighted by atomic mass is 9.80. The van der Waals surface area contributed by atoms with Gasteiger partial charge in [0.1, 0.15) is 0 Å². The number of nitrogens with zero attached hydrogens (tertiary/aromatic N) is 1. The van der Waals surface area contributed by atoms with Gasteiger partial charge in [-0.3, -0.25) is 0 Å². The van der Waals surface area contributed by atoms with Crippen molar-refractivity contribution in [1.29, 1.82) is 0 Å². The van der Waals surface area contributed by atoms with Gasteiger partial charge in [-0.1, -0.05) is 18.2 Å². The molecule has 0 aliphatic carbocycles. The molecule has 2 nitrogen and oxygen atoms in total.